The molecule has 0 bridgehead atoms. The molecule has 0 aliphatic rings. The van der Waals surface area contributed by atoms with Gasteiger partial charge in [-0.15, -0.1) is 5.92 Å². The zero-order valence-corrected chi connectivity index (χ0v) is 9.72. The van der Waals surface area contributed by atoms with Gasteiger partial charge in [-0.2, -0.15) is 0 Å². The van der Waals surface area contributed by atoms with E-state index in [1.165, 1.54) is 0 Å². The third kappa shape index (κ3) is 2.95. The molecule has 0 spiro atoms. The Morgan fingerprint density at radius 1 is 1.20 bits per heavy atom. The van der Waals surface area contributed by atoms with Crippen LogP contribution in [0.4, 0.5) is 0 Å². The second-order valence-corrected chi connectivity index (χ2v) is 4.59. The Morgan fingerprint density at radius 2 is 1.87 bits per heavy atom. The van der Waals surface area contributed by atoms with Crippen LogP contribution in [0, 0.1) is 11.8 Å². The van der Waals surface area contributed by atoms with E-state index in [1.54, 1.807) is 6.92 Å². The number of aldehydes is 1. The van der Waals surface area contributed by atoms with E-state index >= 15 is 0 Å². The van der Waals surface area contributed by atoms with Crippen LogP contribution in [0.15, 0.2) is 18.2 Å². The second kappa shape index (κ2) is 4.31. The Hall–Kier alpha value is -1.55. The van der Waals surface area contributed by atoms with Crippen LogP contribution in [0.5, 0.6) is 0 Å². The van der Waals surface area contributed by atoms with E-state index in [4.69, 9.17) is 0 Å². The topological polar surface area (TPSA) is 17.1 Å². The molecule has 0 N–H and O–H groups in total. The molecule has 0 aromatic heterocycles. The summed E-state index contributed by atoms with van der Waals surface area (Å²) < 4.78 is 0. The number of benzene rings is 1. The van der Waals surface area contributed by atoms with Gasteiger partial charge in [0.15, 0.2) is 0 Å². The fourth-order valence-corrected chi connectivity index (χ4v) is 1.37. The summed E-state index contributed by atoms with van der Waals surface area (Å²) in [5.74, 6) is 5.83. The van der Waals surface area contributed by atoms with E-state index < -0.39 is 0 Å². The maximum absolute atomic E-state index is 10.8. The Morgan fingerprint density at radius 3 is 2.33 bits per heavy atom. The van der Waals surface area contributed by atoms with Crippen LogP contribution in [0.1, 0.15) is 49.2 Å². The van der Waals surface area contributed by atoms with Crippen molar-refractivity contribution in [2.45, 2.75) is 33.1 Å². The Labute approximate surface area is 91.5 Å². The molecule has 1 aromatic rings. The minimum Gasteiger partial charge on any atom is -0.298 e. The maximum atomic E-state index is 10.8. The molecular formula is C14H16O. The minimum atomic E-state index is 0.0448. The molecule has 1 nitrogen and oxygen atoms in total. The highest BCUT2D eigenvalue weighted by atomic mass is 16.1. The van der Waals surface area contributed by atoms with Crippen LogP contribution in [0.3, 0.4) is 0 Å². The lowest BCUT2D eigenvalue weighted by Crippen LogP contribution is -2.11. The van der Waals surface area contributed by atoms with E-state index in [0.29, 0.717) is 5.56 Å². The summed E-state index contributed by atoms with van der Waals surface area (Å²) >= 11 is 0. The summed E-state index contributed by atoms with van der Waals surface area (Å²) in [6.45, 7) is 8.17. The molecule has 78 valence electrons. The van der Waals surface area contributed by atoms with Crippen LogP contribution in [-0.2, 0) is 5.41 Å². The van der Waals surface area contributed by atoms with Crippen LogP contribution < -0.4 is 0 Å². The lowest BCUT2D eigenvalue weighted by atomic mass is 9.85. The van der Waals surface area contributed by atoms with Gasteiger partial charge in [0.05, 0.1) is 0 Å². The van der Waals surface area contributed by atoms with Crippen molar-refractivity contribution < 1.29 is 4.79 Å². The fourth-order valence-electron chi connectivity index (χ4n) is 1.37. The largest absolute Gasteiger partial charge is 0.298 e. The van der Waals surface area contributed by atoms with Crippen molar-refractivity contribution >= 4 is 6.29 Å². The number of carbonyl (C=O) groups excluding carboxylic acids is 1. The predicted molar refractivity (Wildman–Crippen MR) is 63.1 cm³/mol. The molecule has 0 saturated heterocycles. The van der Waals surface area contributed by atoms with Gasteiger partial charge < -0.3 is 0 Å². The molecule has 1 rings (SSSR count). The quantitative estimate of drug-likeness (QED) is 0.502. The monoisotopic (exact) mass is 200 g/mol. The van der Waals surface area contributed by atoms with Crippen LogP contribution in [0.25, 0.3) is 0 Å². The predicted octanol–water partition coefficient (Wildman–Crippen LogP) is 3.17. The second-order valence-electron chi connectivity index (χ2n) is 4.59. The zero-order chi connectivity index (χ0) is 11.5. The first kappa shape index (κ1) is 11.5. The Balaban J connectivity index is 3.33. The van der Waals surface area contributed by atoms with Crippen LogP contribution in [-0.4, -0.2) is 6.29 Å². The highest BCUT2D eigenvalue weighted by Crippen LogP contribution is 2.23. The van der Waals surface area contributed by atoms with Gasteiger partial charge in [0.25, 0.3) is 0 Å². The molecule has 1 aromatic carbocycles. The smallest absolute Gasteiger partial charge is 0.150 e. The first-order valence-electron chi connectivity index (χ1n) is 5.01. The number of carbonyl (C=O) groups is 1. The molecular weight excluding hydrogens is 184 g/mol. The molecule has 0 aliphatic heterocycles. The van der Waals surface area contributed by atoms with Crippen molar-refractivity contribution in [1.29, 1.82) is 0 Å². The Kier molecular flexibility index (Phi) is 3.31. The van der Waals surface area contributed by atoms with Crippen molar-refractivity contribution in [3.63, 3.8) is 0 Å². The third-order valence-electron chi connectivity index (χ3n) is 2.23. The van der Waals surface area contributed by atoms with Gasteiger partial charge in [-0.1, -0.05) is 26.7 Å². The lowest BCUT2D eigenvalue weighted by molar-refractivity contribution is 0.112. The highest BCUT2D eigenvalue weighted by Gasteiger charge is 2.14. The molecule has 0 radical (unpaired) electrons. The van der Waals surface area contributed by atoms with E-state index in [9.17, 15) is 4.79 Å². The molecule has 1 heteroatoms. The average molecular weight is 200 g/mol. The molecule has 15 heavy (non-hydrogen) atoms. The summed E-state index contributed by atoms with van der Waals surface area (Å²) in [6, 6.07) is 5.79. The summed E-state index contributed by atoms with van der Waals surface area (Å²) in [5.41, 5.74) is 2.79. The third-order valence-corrected chi connectivity index (χ3v) is 2.23. The van der Waals surface area contributed by atoms with Gasteiger partial charge in [-0.3, -0.25) is 4.79 Å². The fraction of sp³-hybridized carbons (Fsp3) is 0.357. The average Bonchev–Trinajstić information content (AvgIpc) is 2.16. The Bertz CT molecular complexity index is 425. The van der Waals surface area contributed by atoms with Gasteiger partial charge >= 0.3 is 0 Å². The van der Waals surface area contributed by atoms with Gasteiger partial charge in [-0.05, 0) is 36.1 Å². The van der Waals surface area contributed by atoms with Gasteiger partial charge in [-0.25, -0.2) is 0 Å². The molecule has 0 amide bonds. The minimum absolute atomic E-state index is 0.0448. The SMILES string of the molecule is CC#Cc1cc(C=O)cc(C(C)(C)C)c1. The highest BCUT2D eigenvalue weighted by molar-refractivity contribution is 5.76. The first-order chi connectivity index (χ1) is 6.97. The summed E-state index contributed by atoms with van der Waals surface area (Å²) in [6.07, 6.45) is 0.871. The molecule has 0 heterocycles. The maximum Gasteiger partial charge on any atom is 0.150 e. The zero-order valence-electron chi connectivity index (χ0n) is 9.72. The van der Waals surface area contributed by atoms with E-state index in [0.717, 1.165) is 17.4 Å². The summed E-state index contributed by atoms with van der Waals surface area (Å²) in [7, 11) is 0. The molecule has 0 aliphatic carbocycles. The van der Waals surface area contributed by atoms with Crippen molar-refractivity contribution in [2.24, 2.45) is 0 Å². The normalized spacial score (nSPS) is 10.4. The first-order valence-corrected chi connectivity index (χ1v) is 5.01. The molecule has 0 fully saturated rings. The van der Waals surface area contributed by atoms with Crippen molar-refractivity contribution in [1.82, 2.24) is 0 Å². The van der Waals surface area contributed by atoms with Gasteiger partial charge in [0.1, 0.15) is 6.29 Å². The number of hydrogen-bond donors (Lipinski definition) is 0. The van der Waals surface area contributed by atoms with Gasteiger partial charge in [0.2, 0.25) is 0 Å². The molecule has 0 atom stereocenters. The van der Waals surface area contributed by atoms with Crippen molar-refractivity contribution in [3.05, 3.63) is 34.9 Å². The van der Waals surface area contributed by atoms with Crippen molar-refractivity contribution in [2.75, 3.05) is 0 Å². The van der Waals surface area contributed by atoms with E-state index in [2.05, 4.69) is 32.6 Å². The lowest BCUT2D eigenvalue weighted by Gasteiger charge is -2.19. The molecule has 0 saturated carbocycles. The summed E-state index contributed by atoms with van der Waals surface area (Å²) in [4.78, 5) is 10.8. The number of hydrogen-bond acceptors (Lipinski definition) is 1. The number of rotatable bonds is 1. The van der Waals surface area contributed by atoms with Crippen molar-refractivity contribution in [3.8, 4) is 11.8 Å². The molecule has 0 unspecified atom stereocenters. The van der Waals surface area contributed by atoms with E-state index in [1.807, 2.05) is 18.2 Å². The standard InChI is InChI=1S/C14H16O/c1-5-6-11-7-12(10-15)9-13(8-11)14(2,3)4/h7-10H,1-4H3. The van der Waals surface area contributed by atoms with E-state index in [-0.39, 0.29) is 5.41 Å². The van der Waals surface area contributed by atoms with Crippen LogP contribution >= 0.6 is 0 Å². The van der Waals surface area contributed by atoms with Crippen LogP contribution in [0.2, 0.25) is 0 Å². The summed E-state index contributed by atoms with van der Waals surface area (Å²) in [5, 5.41) is 0. The van der Waals surface area contributed by atoms with Gasteiger partial charge in [0, 0.05) is 11.1 Å².